The van der Waals surface area contributed by atoms with Crippen molar-refractivity contribution in [3.63, 3.8) is 0 Å². The summed E-state index contributed by atoms with van der Waals surface area (Å²) in [4.78, 5) is 26.1. The van der Waals surface area contributed by atoms with Crippen molar-refractivity contribution in [1.82, 2.24) is 9.21 Å². The van der Waals surface area contributed by atoms with Gasteiger partial charge in [0.05, 0.1) is 4.90 Å². The molecule has 1 saturated heterocycles. The Kier molecular flexibility index (Phi) is 8.34. The molecule has 1 aliphatic heterocycles. The summed E-state index contributed by atoms with van der Waals surface area (Å²) in [6, 6.07) is 13.4. The molecule has 0 saturated carbocycles. The molecule has 3 rings (SSSR count). The number of amides is 1. The summed E-state index contributed by atoms with van der Waals surface area (Å²) < 4.78 is 37.4. The number of para-hydroxylation sites is 1. The fourth-order valence-corrected chi connectivity index (χ4v) is 4.98. The van der Waals surface area contributed by atoms with Gasteiger partial charge < -0.3 is 14.4 Å². The number of sulfonamides is 1. The van der Waals surface area contributed by atoms with E-state index in [4.69, 9.17) is 21.1 Å². The van der Waals surface area contributed by atoms with Crippen molar-refractivity contribution in [2.75, 3.05) is 39.4 Å². The molecular formula is C23H27ClN2O6S. The number of benzene rings is 2. The van der Waals surface area contributed by atoms with E-state index in [1.807, 2.05) is 32.0 Å². The lowest BCUT2D eigenvalue weighted by Gasteiger charge is -2.33. The standard InChI is InChI=1S/C23H27ClN2O6S/c1-17(2)20-5-3-4-6-21(20)31-16-23(28)32-15-22(27)25-11-13-26(14-12-25)33(29,30)19-9-7-18(24)8-10-19/h3-10,17H,11-16H2,1-2H3. The first kappa shape index (κ1) is 25.0. The van der Waals surface area contributed by atoms with Crippen LogP contribution in [0.1, 0.15) is 25.3 Å². The molecule has 1 aliphatic rings. The number of esters is 1. The molecule has 0 aliphatic carbocycles. The van der Waals surface area contributed by atoms with Crippen LogP contribution < -0.4 is 4.74 Å². The summed E-state index contributed by atoms with van der Waals surface area (Å²) >= 11 is 5.83. The van der Waals surface area contributed by atoms with Gasteiger partial charge in [-0.3, -0.25) is 4.79 Å². The van der Waals surface area contributed by atoms with Crippen molar-refractivity contribution in [2.45, 2.75) is 24.7 Å². The minimum Gasteiger partial charge on any atom is -0.482 e. The average Bonchev–Trinajstić information content (AvgIpc) is 2.81. The van der Waals surface area contributed by atoms with E-state index in [-0.39, 0.29) is 49.5 Å². The summed E-state index contributed by atoms with van der Waals surface area (Å²) in [5.74, 6) is -0.185. The molecular weight excluding hydrogens is 468 g/mol. The van der Waals surface area contributed by atoms with Gasteiger partial charge in [-0.2, -0.15) is 4.31 Å². The van der Waals surface area contributed by atoms with Crippen molar-refractivity contribution >= 4 is 33.5 Å². The maximum absolute atomic E-state index is 12.7. The lowest BCUT2D eigenvalue weighted by Crippen LogP contribution is -2.51. The molecule has 1 heterocycles. The third kappa shape index (κ3) is 6.46. The van der Waals surface area contributed by atoms with E-state index >= 15 is 0 Å². The van der Waals surface area contributed by atoms with E-state index < -0.39 is 22.6 Å². The molecule has 8 nitrogen and oxygen atoms in total. The quantitative estimate of drug-likeness (QED) is 0.524. The highest BCUT2D eigenvalue weighted by Crippen LogP contribution is 2.25. The number of halogens is 1. The minimum atomic E-state index is -3.66. The number of hydrogen-bond donors (Lipinski definition) is 0. The van der Waals surface area contributed by atoms with E-state index in [0.29, 0.717) is 10.8 Å². The summed E-state index contributed by atoms with van der Waals surface area (Å²) in [7, 11) is -3.66. The van der Waals surface area contributed by atoms with Crippen LogP contribution in [-0.2, 0) is 24.3 Å². The zero-order valence-corrected chi connectivity index (χ0v) is 20.1. The molecule has 1 amide bonds. The molecule has 0 N–H and O–H groups in total. The van der Waals surface area contributed by atoms with Gasteiger partial charge in [0.1, 0.15) is 5.75 Å². The number of carbonyl (C=O) groups is 2. The molecule has 1 fully saturated rings. The Hall–Kier alpha value is -2.62. The third-order valence-electron chi connectivity index (χ3n) is 5.29. The first-order valence-corrected chi connectivity index (χ1v) is 12.4. The highest BCUT2D eigenvalue weighted by molar-refractivity contribution is 7.89. The van der Waals surface area contributed by atoms with Crippen LogP contribution in [-0.4, -0.2) is 68.9 Å². The monoisotopic (exact) mass is 494 g/mol. The van der Waals surface area contributed by atoms with E-state index in [9.17, 15) is 18.0 Å². The lowest BCUT2D eigenvalue weighted by molar-refractivity contribution is -0.154. The Morgan fingerprint density at radius 1 is 0.970 bits per heavy atom. The number of nitrogens with zero attached hydrogens (tertiary/aromatic N) is 2. The highest BCUT2D eigenvalue weighted by Gasteiger charge is 2.30. The van der Waals surface area contributed by atoms with Gasteiger partial charge in [0, 0.05) is 31.2 Å². The summed E-state index contributed by atoms with van der Waals surface area (Å²) in [6.07, 6.45) is 0. The van der Waals surface area contributed by atoms with Crippen molar-refractivity contribution in [1.29, 1.82) is 0 Å². The Balaban J connectivity index is 1.45. The van der Waals surface area contributed by atoms with Crippen molar-refractivity contribution in [2.24, 2.45) is 0 Å². The number of ether oxygens (including phenoxy) is 2. The van der Waals surface area contributed by atoms with Gasteiger partial charge in [-0.1, -0.05) is 43.6 Å². The smallest absolute Gasteiger partial charge is 0.344 e. The number of hydrogen-bond acceptors (Lipinski definition) is 6. The van der Waals surface area contributed by atoms with Crippen molar-refractivity contribution in [3.8, 4) is 5.75 Å². The van der Waals surface area contributed by atoms with Crippen LogP contribution in [0.5, 0.6) is 5.75 Å². The molecule has 10 heteroatoms. The Labute approximate surface area is 199 Å². The molecule has 0 spiro atoms. The Morgan fingerprint density at radius 2 is 1.61 bits per heavy atom. The second-order valence-corrected chi connectivity index (χ2v) is 10.3. The largest absolute Gasteiger partial charge is 0.482 e. The van der Waals surface area contributed by atoms with Gasteiger partial charge in [0.25, 0.3) is 5.91 Å². The minimum absolute atomic E-state index is 0.152. The van der Waals surface area contributed by atoms with Crippen LogP contribution in [0.2, 0.25) is 5.02 Å². The van der Waals surface area contributed by atoms with Crippen LogP contribution in [0.15, 0.2) is 53.4 Å². The van der Waals surface area contributed by atoms with Crippen molar-refractivity contribution in [3.05, 3.63) is 59.1 Å². The molecule has 0 aromatic heterocycles. The predicted octanol–water partition coefficient (Wildman–Crippen LogP) is 2.92. The molecule has 0 bridgehead atoms. The highest BCUT2D eigenvalue weighted by atomic mass is 35.5. The SMILES string of the molecule is CC(C)c1ccccc1OCC(=O)OCC(=O)N1CCN(S(=O)(=O)c2ccc(Cl)cc2)CC1. The zero-order valence-electron chi connectivity index (χ0n) is 18.6. The van der Waals surface area contributed by atoms with E-state index in [0.717, 1.165) is 5.56 Å². The molecule has 0 atom stereocenters. The second kappa shape index (κ2) is 11.0. The molecule has 33 heavy (non-hydrogen) atoms. The van der Waals surface area contributed by atoms with Gasteiger partial charge in [-0.05, 0) is 41.8 Å². The van der Waals surface area contributed by atoms with Gasteiger partial charge in [-0.25, -0.2) is 13.2 Å². The Morgan fingerprint density at radius 3 is 2.24 bits per heavy atom. The normalized spacial score (nSPS) is 14.8. The number of rotatable bonds is 8. The number of piperazine rings is 1. The van der Waals surface area contributed by atoms with Gasteiger partial charge in [0.15, 0.2) is 13.2 Å². The topological polar surface area (TPSA) is 93.2 Å². The Bertz CT molecular complexity index is 1080. The maximum Gasteiger partial charge on any atom is 0.344 e. The van der Waals surface area contributed by atoms with Crippen LogP contribution >= 0.6 is 11.6 Å². The molecule has 2 aromatic carbocycles. The maximum atomic E-state index is 12.7. The van der Waals surface area contributed by atoms with Gasteiger partial charge in [-0.15, -0.1) is 0 Å². The predicted molar refractivity (Wildman–Crippen MR) is 124 cm³/mol. The van der Waals surface area contributed by atoms with E-state index in [1.165, 1.54) is 33.5 Å². The second-order valence-electron chi connectivity index (χ2n) is 7.88. The molecule has 0 radical (unpaired) electrons. The summed E-state index contributed by atoms with van der Waals surface area (Å²) in [5.41, 5.74) is 0.979. The van der Waals surface area contributed by atoms with E-state index in [2.05, 4.69) is 0 Å². The molecule has 0 unspecified atom stereocenters. The zero-order chi connectivity index (χ0) is 24.0. The summed E-state index contributed by atoms with van der Waals surface area (Å²) in [6.45, 7) is 4.06. The van der Waals surface area contributed by atoms with Crippen LogP contribution in [0.4, 0.5) is 0 Å². The molecule has 2 aromatic rings. The number of carbonyl (C=O) groups excluding carboxylic acids is 2. The average molecular weight is 495 g/mol. The van der Waals surface area contributed by atoms with Crippen LogP contribution in [0, 0.1) is 0 Å². The van der Waals surface area contributed by atoms with E-state index in [1.54, 1.807) is 6.07 Å². The summed E-state index contributed by atoms with van der Waals surface area (Å²) in [5, 5.41) is 0.452. The van der Waals surface area contributed by atoms with Crippen LogP contribution in [0.3, 0.4) is 0 Å². The first-order valence-electron chi connectivity index (χ1n) is 10.6. The fraction of sp³-hybridized carbons (Fsp3) is 0.391. The van der Waals surface area contributed by atoms with Crippen LogP contribution in [0.25, 0.3) is 0 Å². The fourth-order valence-electron chi connectivity index (χ4n) is 3.43. The molecule has 178 valence electrons. The van der Waals surface area contributed by atoms with Crippen molar-refractivity contribution < 1.29 is 27.5 Å². The van der Waals surface area contributed by atoms with Gasteiger partial charge in [0.2, 0.25) is 10.0 Å². The lowest BCUT2D eigenvalue weighted by atomic mass is 10.0. The third-order valence-corrected chi connectivity index (χ3v) is 7.45. The first-order chi connectivity index (χ1) is 15.7. The van der Waals surface area contributed by atoms with Gasteiger partial charge >= 0.3 is 5.97 Å².